The predicted octanol–water partition coefficient (Wildman–Crippen LogP) is 1.66. The second-order valence-electron chi connectivity index (χ2n) is 9.24. The zero-order valence-electron chi connectivity index (χ0n) is 15.9. The van der Waals surface area contributed by atoms with Crippen LogP contribution in [0.1, 0.15) is 61.8 Å². The maximum absolute atomic E-state index is 13.0. The largest absolute Gasteiger partial charge is 0.351 e. The molecule has 0 aromatic heterocycles. The van der Waals surface area contributed by atoms with Gasteiger partial charge in [0, 0.05) is 30.2 Å². The third-order valence-electron chi connectivity index (χ3n) is 5.67. The van der Waals surface area contributed by atoms with Gasteiger partial charge in [-0.15, -0.1) is 11.8 Å². The number of rotatable bonds is 2. The molecule has 0 bridgehead atoms. The summed E-state index contributed by atoms with van der Waals surface area (Å²) in [7, 11) is 0. The van der Waals surface area contributed by atoms with Crippen LogP contribution < -0.4 is 10.6 Å². The summed E-state index contributed by atoms with van der Waals surface area (Å²) in [6.07, 6.45) is 1.89. The Bertz CT molecular complexity index is 745. The average Bonchev–Trinajstić information content (AvgIpc) is 3.05. The van der Waals surface area contributed by atoms with Crippen molar-refractivity contribution < 1.29 is 14.9 Å². The van der Waals surface area contributed by atoms with Crippen LogP contribution in [-0.2, 0) is 4.79 Å². The Hall–Kier alpha value is -1.53. The van der Waals surface area contributed by atoms with Gasteiger partial charge in [-0.3, -0.25) is 9.59 Å². The second kappa shape index (κ2) is 5.99. The van der Waals surface area contributed by atoms with Crippen molar-refractivity contribution in [3.63, 3.8) is 0 Å². The molecule has 5 nitrogen and oxygen atoms in total. The molecule has 2 amide bonds. The number of fused-ring (bicyclic) bond motifs is 3. The molecule has 6 heteroatoms. The lowest BCUT2D eigenvalue weighted by Gasteiger charge is -2.43. The van der Waals surface area contributed by atoms with E-state index in [-0.39, 0.29) is 40.3 Å². The van der Waals surface area contributed by atoms with Gasteiger partial charge in [0.05, 0.1) is 11.1 Å². The van der Waals surface area contributed by atoms with Crippen LogP contribution in [0.15, 0.2) is 24.3 Å². The van der Waals surface area contributed by atoms with E-state index in [9.17, 15) is 9.59 Å². The number of piperidine rings is 1. The molecule has 0 unspecified atom stereocenters. The van der Waals surface area contributed by atoms with Gasteiger partial charge < -0.3 is 15.5 Å². The first-order valence-electron chi connectivity index (χ1n) is 9.38. The number of hydrogen-bond donors (Lipinski definition) is 2. The van der Waals surface area contributed by atoms with Crippen LogP contribution in [0, 0.1) is 0 Å². The highest BCUT2D eigenvalue weighted by molar-refractivity contribution is 7.99. The van der Waals surface area contributed by atoms with Crippen molar-refractivity contribution in [2.45, 2.75) is 69.1 Å². The highest BCUT2D eigenvalue weighted by Gasteiger charge is 2.49. The molecule has 2 fully saturated rings. The molecule has 3 aliphatic rings. The van der Waals surface area contributed by atoms with Gasteiger partial charge in [0.25, 0.3) is 5.91 Å². The van der Waals surface area contributed by atoms with Crippen LogP contribution in [0.5, 0.6) is 0 Å². The molecule has 3 heterocycles. The van der Waals surface area contributed by atoms with E-state index in [2.05, 4.69) is 38.3 Å². The summed E-state index contributed by atoms with van der Waals surface area (Å²) in [6.45, 7) is 8.93. The number of quaternary nitrogens is 1. The van der Waals surface area contributed by atoms with Gasteiger partial charge in [-0.25, -0.2) is 0 Å². The number of hydrogen-bond acceptors (Lipinski definition) is 3. The lowest BCUT2D eigenvalue weighted by Crippen LogP contribution is -3.06. The number of carbonyl (C=O) groups excluding carboxylic acids is 2. The van der Waals surface area contributed by atoms with Crippen molar-refractivity contribution in [3.05, 3.63) is 35.4 Å². The van der Waals surface area contributed by atoms with Crippen LogP contribution in [0.4, 0.5) is 0 Å². The van der Waals surface area contributed by atoms with Gasteiger partial charge in [0.1, 0.15) is 11.4 Å². The van der Waals surface area contributed by atoms with E-state index in [4.69, 9.17) is 0 Å². The van der Waals surface area contributed by atoms with E-state index < -0.39 is 0 Å². The zero-order chi connectivity index (χ0) is 18.7. The molecule has 26 heavy (non-hydrogen) atoms. The Kier molecular flexibility index (Phi) is 4.12. The van der Waals surface area contributed by atoms with E-state index in [1.165, 1.54) is 0 Å². The van der Waals surface area contributed by atoms with E-state index in [0.29, 0.717) is 5.75 Å². The summed E-state index contributed by atoms with van der Waals surface area (Å²) in [5.74, 6) is 0.662. The molecule has 0 spiro atoms. The molecule has 0 saturated carbocycles. The minimum Gasteiger partial charge on any atom is -0.351 e. The number of benzene rings is 1. The predicted molar refractivity (Wildman–Crippen MR) is 103 cm³/mol. The molecule has 140 valence electrons. The van der Waals surface area contributed by atoms with E-state index in [1.54, 1.807) is 16.7 Å². The fourth-order valence-corrected chi connectivity index (χ4v) is 6.62. The minimum absolute atomic E-state index is 0.000318. The maximum atomic E-state index is 13.0. The smallest absolute Gasteiger partial charge is 0.256 e. The molecule has 1 aromatic carbocycles. The fraction of sp³-hybridized carbons (Fsp3) is 0.600. The van der Waals surface area contributed by atoms with Crippen LogP contribution in [0.25, 0.3) is 0 Å². The molecule has 2 atom stereocenters. The molecule has 3 N–H and O–H groups in total. The SMILES string of the molecule is CC1(C)CC(NC(=O)[C@@H]2CS[C@@H]3c4ccccc4C(=O)N32)CC(C)(C)[NH2+]1. The Morgan fingerprint density at radius 3 is 2.54 bits per heavy atom. The van der Waals surface area contributed by atoms with Crippen molar-refractivity contribution >= 4 is 23.6 Å². The third kappa shape index (κ3) is 3.03. The summed E-state index contributed by atoms with van der Waals surface area (Å²) in [5, 5.41) is 5.66. The fourth-order valence-electron chi connectivity index (χ4n) is 5.16. The number of amides is 2. The van der Waals surface area contributed by atoms with Crippen molar-refractivity contribution in [2.24, 2.45) is 0 Å². The standard InChI is InChI=1S/C20H27N3O2S/c1-19(2)9-12(10-20(3,4)22-19)21-16(24)15-11-26-18-14-8-6-5-7-13(14)17(25)23(15)18/h5-8,12,15,18,22H,9-11H2,1-4H3,(H,21,24)/p+1/t15-,18+/m0/s1. The third-order valence-corrected chi connectivity index (χ3v) is 6.97. The van der Waals surface area contributed by atoms with Gasteiger partial charge in [0.2, 0.25) is 5.91 Å². The average molecular weight is 375 g/mol. The lowest BCUT2D eigenvalue weighted by molar-refractivity contribution is -0.787. The van der Waals surface area contributed by atoms with Crippen LogP contribution in [0.3, 0.4) is 0 Å². The van der Waals surface area contributed by atoms with Crippen molar-refractivity contribution in [1.29, 1.82) is 0 Å². The van der Waals surface area contributed by atoms with Crippen LogP contribution in [-0.4, -0.2) is 45.6 Å². The van der Waals surface area contributed by atoms with Crippen LogP contribution >= 0.6 is 11.8 Å². The second-order valence-corrected chi connectivity index (χ2v) is 10.3. The molecule has 1 aromatic rings. The van der Waals surface area contributed by atoms with Gasteiger partial charge in [-0.1, -0.05) is 18.2 Å². The van der Waals surface area contributed by atoms with Gasteiger partial charge in [-0.2, -0.15) is 0 Å². The Morgan fingerprint density at radius 2 is 1.85 bits per heavy atom. The lowest BCUT2D eigenvalue weighted by atomic mass is 9.79. The first-order chi connectivity index (χ1) is 12.2. The van der Waals surface area contributed by atoms with Gasteiger partial charge in [-0.05, 0) is 39.3 Å². The highest BCUT2D eigenvalue weighted by atomic mass is 32.2. The van der Waals surface area contributed by atoms with E-state index in [1.807, 2.05) is 24.3 Å². The molecular formula is C20H28N3O2S+. The number of nitrogens with zero attached hydrogens (tertiary/aromatic N) is 1. The molecule has 0 aliphatic carbocycles. The summed E-state index contributed by atoms with van der Waals surface area (Å²) in [5.41, 5.74) is 2.00. The highest BCUT2D eigenvalue weighted by Crippen LogP contribution is 2.48. The molecule has 0 radical (unpaired) electrons. The minimum atomic E-state index is -0.373. The summed E-state index contributed by atoms with van der Waals surface area (Å²) in [6, 6.07) is 7.51. The van der Waals surface area contributed by atoms with Crippen molar-refractivity contribution in [1.82, 2.24) is 10.2 Å². The number of nitrogens with one attached hydrogen (secondary N) is 1. The maximum Gasteiger partial charge on any atom is 0.256 e. The Balaban J connectivity index is 1.49. The number of carbonyl (C=O) groups is 2. The monoisotopic (exact) mass is 374 g/mol. The Morgan fingerprint density at radius 1 is 1.19 bits per heavy atom. The summed E-state index contributed by atoms with van der Waals surface area (Å²) in [4.78, 5) is 27.7. The van der Waals surface area contributed by atoms with Crippen molar-refractivity contribution in [2.75, 3.05) is 5.75 Å². The zero-order valence-corrected chi connectivity index (χ0v) is 16.7. The van der Waals surface area contributed by atoms with Crippen LogP contribution in [0.2, 0.25) is 0 Å². The first-order valence-corrected chi connectivity index (χ1v) is 10.4. The summed E-state index contributed by atoms with van der Waals surface area (Å²) >= 11 is 1.70. The van der Waals surface area contributed by atoms with Gasteiger partial charge >= 0.3 is 0 Å². The Labute approximate surface area is 159 Å². The normalized spacial score (nSPS) is 29.4. The quantitative estimate of drug-likeness (QED) is 0.827. The molecular weight excluding hydrogens is 346 g/mol. The van der Waals surface area contributed by atoms with Gasteiger partial charge in [0.15, 0.2) is 0 Å². The first kappa shape index (κ1) is 17.9. The topological polar surface area (TPSA) is 66.0 Å². The van der Waals surface area contributed by atoms with E-state index in [0.717, 1.165) is 24.0 Å². The number of thioether (sulfide) groups is 1. The number of nitrogens with two attached hydrogens (primary N) is 1. The molecule has 2 saturated heterocycles. The summed E-state index contributed by atoms with van der Waals surface area (Å²) < 4.78 is 0. The molecule has 4 rings (SSSR count). The molecule has 3 aliphatic heterocycles. The van der Waals surface area contributed by atoms with E-state index >= 15 is 0 Å². The van der Waals surface area contributed by atoms with Crippen molar-refractivity contribution in [3.8, 4) is 0 Å².